The van der Waals surface area contributed by atoms with Gasteiger partial charge >= 0.3 is 5.97 Å². The third-order valence-corrected chi connectivity index (χ3v) is 7.37. The molecule has 0 spiro atoms. The summed E-state index contributed by atoms with van der Waals surface area (Å²) in [6.07, 6.45) is 0.974. The Kier molecular flexibility index (Phi) is 7.68. The number of amides is 1. The molecule has 0 bridgehead atoms. The van der Waals surface area contributed by atoms with Gasteiger partial charge < -0.3 is 10.1 Å². The van der Waals surface area contributed by atoms with E-state index in [0.717, 1.165) is 6.42 Å². The molecule has 0 aliphatic carbocycles. The molecule has 1 fully saturated rings. The van der Waals surface area contributed by atoms with Crippen LogP contribution in [0.2, 0.25) is 0 Å². The number of piperidine rings is 1. The molecule has 10 nitrogen and oxygen atoms in total. The van der Waals surface area contributed by atoms with Crippen LogP contribution in [-0.4, -0.2) is 49.2 Å². The fraction of sp³-hybridized carbons (Fsp3) is 0.391. The molecule has 182 valence electrons. The maximum Gasteiger partial charge on any atom is 0.338 e. The van der Waals surface area contributed by atoms with Gasteiger partial charge in [0.15, 0.2) is 6.61 Å². The van der Waals surface area contributed by atoms with Crippen molar-refractivity contribution in [3.63, 3.8) is 0 Å². The number of anilines is 1. The monoisotopic (exact) mass is 489 g/mol. The lowest BCUT2D eigenvalue weighted by Crippen LogP contribution is -2.42. The lowest BCUT2D eigenvalue weighted by atomic mass is 9.94. The highest BCUT2D eigenvalue weighted by atomic mass is 32.2. The van der Waals surface area contributed by atoms with Gasteiger partial charge in [-0.25, -0.2) is 13.2 Å². The van der Waals surface area contributed by atoms with E-state index in [1.165, 1.54) is 40.7 Å². The normalized spacial score (nSPS) is 18.8. The van der Waals surface area contributed by atoms with Crippen molar-refractivity contribution in [1.82, 2.24) is 4.31 Å². The maximum absolute atomic E-state index is 13.0. The molecule has 0 unspecified atom stereocenters. The molecule has 1 saturated heterocycles. The van der Waals surface area contributed by atoms with Crippen LogP contribution in [0.4, 0.5) is 11.4 Å². The van der Waals surface area contributed by atoms with Crippen molar-refractivity contribution in [3.8, 4) is 0 Å². The topological polar surface area (TPSA) is 136 Å². The van der Waals surface area contributed by atoms with Gasteiger partial charge in [-0.1, -0.05) is 19.9 Å². The molecule has 0 radical (unpaired) electrons. The van der Waals surface area contributed by atoms with Crippen molar-refractivity contribution >= 4 is 33.3 Å². The molecule has 2 aromatic rings. The van der Waals surface area contributed by atoms with Crippen molar-refractivity contribution in [2.45, 2.75) is 32.1 Å². The lowest BCUT2D eigenvalue weighted by molar-refractivity contribution is -0.384. The van der Waals surface area contributed by atoms with Crippen molar-refractivity contribution < 1.29 is 27.7 Å². The molecule has 1 heterocycles. The Morgan fingerprint density at radius 3 is 2.32 bits per heavy atom. The first-order valence-electron chi connectivity index (χ1n) is 10.8. The Bertz CT molecular complexity index is 1190. The Hall–Kier alpha value is -3.31. The number of sulfonamides is 1. The SMILES string of the molecule is Cc1ccc(NC(=O)COC(=O)c2ccc(S(=O)(=O)N3C[C@H](C)C[C@H](C)C3)cc2)c([N+](=O)[O-])c1. The number of ether oxygens (including phenoxy) is 1. The second kappa shape index (κ2) is 10.3. The van der Waals surface area contributed by atoms with E-state index < -0.39 is 33.4 Å². The van der Waals surface area contributed by atoms with E-state index in [1.807, 2.05) is 13.8 Å². The fourth-order valence-corrected chi connectivity index (χ4v) is 5.69. The number of benzene rings is 2. The van der Waals surface area contributed by atoms with Crippen molar-refractivity contribution in [2.24, 2.45) is 11.8 Å². The van der Waals surface area contributed by atoms with Crippen molar-refractivity contribution in [1.29, 1.82) is 0 Å². The number of nitro benzene ring substituents is 1. The summed E-state index contributed by atoms with van der Waals surface area (Å²) in [6.45, 7) is 5.96. The molecule has 2 atom stereocenters. The second-order valence-electron chi connectivity index (χ2n) is 8.69. The Morgan fingerprint density at radius 2 is 1.74 bits per heavy atom. The van der Waals surface area contributed by atoms with Gasteiger partial charge in [0, 0.05) is 19.2 Å². The highest BCUT2D eigenvalue weighted by molar-refractivity contribution is 7.89. The molecule has 11 heteroatoms. The quantitative estimate of drug-likeness (QED) is 0.358. The number of carbonyl (C=O) groups excluding carboxylic acids is 2. The van der Waals surface area contributed by atoms with Gasteiger partial charge in [0.25, 0.3) is 11.6 Å². The average Bonchev–Trinajstić information content (AvgIpc) is 2.78. The van der Waals surface area contributed by atoms with Crippen molar-refractivity contribution in [2.75, 3.05) is 25.0 Å². The van der Waals surface area contributed by atoms with E-state index in [0.29, 0.717) is 18.7 Å². The molecule has 34 heavy (non-hydrogen) atoms. The number of nitrogens with one attached hydrogen (secondary N) is 1. The summed E-state index contributed by atoms with van der Waals surface area (Å²) in [5, 5.41) is 13.5. The summed E-state index contributed by atoms with van der Waals surface area (Å²) in [4.78, 5) is 35.0. The summed E-state index contributed by atoms with van der Waals surface area (Å²) in [5.74, 6) is -1.04. The number of hydrogen-bond acceptors (Lipinski definition) is 7. The molecule has 2 aromatic carbocycles. The van der Waals surface area contributed by atoms with E-state index >= 15 is 0 Å². The molecular formula is C23H27N3O7S. The Balaban J connectivity index is 1.61. The van der Waals surface area contributed by atoms with Crippen LogP contribution < -0.4 is 5.32 Å². The minimum absolute atomic E-state index is 0.00689. The van der Waals surface area contributed by atoms with Gasteiger partial charge in [0.1, 0.15) is 5.69 Å². The molecule has 1 N–H and O–H groups in total. The Labute approximate surface area is 198 Å². The third-order valence-electron chi connectivity index (χ3n) is 5.52. The zero-order valence-corrected chi connectivity index (χ0v) is 20.0. The summed E-state index contributed by atoms with van der Waals surface area (Å²) >= 11 is 0. The van der Waals surface area contributed by atoms with Crippen LogP contribution in [0.15, 0.2) is 47.4 Å². The number of hydrogen-bond donors (Lipinski definition) is 1. The third kappa shape index (κ3) is 5.97. The maximum atomic E-state index is 13.0. The lowest BCUT2D eigenvalue weighted by Gasteiger charge is -2.34. The van der Waals surface area contributed by atoms with Gasteiger partial charge in [-0.2, -0.15) is 4.31 Å². The van der Waals surface area contributed by atoms with Gasteiger partial charge in [-0.05, 0) is 61.1 Å². The van der Waals surface area contributed by atoms with Gasteiger partial charge in [0.2, 0.25) is 10.0 Å². The predicted molar refractivity (Wildman–Crippen MR) is 125 cm³/mol. The highest BCUT2D eigenvalue weighted by Crippen LogP contribution is 2.27. The first-order valence-corrected chi connectivity index (χ1v) is 12.2. The van der Waals surface area contributed by atoms with E-state index in [1.54, 1.807) is 13.0 Å². The predicted octanol–water partition coefficient (Wildman–Crippen LogP) is 3.37. The molecular weight excluding hydrogens is 462 g/mol. The minimum Gasteiger partial charge on any atom is -0.452 e. The van der Waals surface area contributed by atoms with E-state index in [2.05, 4.69) is 5.32 Å². The first-order chi connectivity index (χ1) is 16.0. The second-order valence-corrected chi connectivity index (χ2v) is 10.6. The van der Waals surface area contributed by atoms with Gasteiger partial charge in [-0.15, -0.1) is 0 Å². The molecule has 3 rings (SSSR count). The molecule has 1 aliphatic rings. The zero-order valence-electron chi connectivity index (χ0n) is 19.2. The van der Waals surface area contributed by atoms with Crippen LogP contribution in [0, 0.1) is 28.9 Å². The average molecular weight is 490 g/mol. The van der Waals surface area contributed by atoms with Gasteiger partial charge in [-0.3, -0.25) is 14.9 Å². The molecule has 0 aromatic heterocycles. The van der Waals surface area contributed by atoms with Crippen molar-refractivity contribution in [3.05, 3.63) is 63.7 Å². The number of nitrogens with zero attached hydrogens (tertiary/aromatic N) is 2. The first kappa shape index (κ1) is 25.3. The zero-order chi connectivity index (χ0) is 25.0. The number of nitro groups is 1. The largest absolute Gasteiger partial charge is 0.452 e. The van der Waals surface area contributed by atoms with Crippen LogP contribution in [0.5, 0.6) is 0 Å². The number of rotatable bonds is 7. The number of aryl methyl sites for hydroxylation is 1. The van der Waals surface area contributed by atoms with E-state index in [4.69, 9.17) is 4.74 Å². The summed E-state index contributed by atoms with van der Waals surface area (Å²) in [7, 11) is -3.68. The summed E-state index contributed by atoms with van der Waals surface area (Å²) in [5.41, 5.74) is 0.459. The standard InChI is InChI=1S/C23H27N3O7S/c1-15-4-9-20(21(11-15)26(29)30)24-22(27)14-33-23(28)18-5-7-19(8-6-18)34(31,32)25-12-16(2)10-17(3)13-25/h4-9,11,16-17H,10,12-14H2,1-3H3,(H,24,27)/t16-,17+. The molecule has 1 amide bonds. The van der Waals surface area contributed by atoms with Crippen LogP contribution in [0.25, 0.3) is 0 Å². The molecule has 1 aliphatic heterocycles. The minimum atomic E-state index is -3.68. The number of carbonyl (C=O) groups is 2. The fourth-order valence-electron chi connectivity index (χ4n) is 4.01. The molecule has 0 saturated carbocycles. The summed E-state index contributed by atoms with van der Waals surface area (Å²) < 4.78 is 32.3. The van der Waals surface area contributed by atoms with E-state index in [9.17, 15) is 28.1 Å². The van der Waals surface area contributed by atoms with Crippen LogP contribution in [0.1, 0.15) is 36.2 Å². The number of esters is 1. The van der Waals surface area contributed by atoms with Crippen LogP contribution in [0.3, 0.4) is 0 Å². The van der Waals surface area contributed by atoms with Crippen LogP contribution in [-0.2, 0) is 19.6 Å². The van der Waals surface area contributed by atoms with Crippen LogP contribution >= 0.6 is 0 Å². The Morgan fingerprint density at radius 1 is 1.12 bits per heavy atom. The van der Waals surface area contributed by atoms with E-state index in [-0.39, 0.29) is 33.7 Å². The summed E-state index contributed by atoms with van der Waals surface area (Å²) in [6, 6.07) is 9.66. The van der Waals surface area contributed by atoms with Gasteiger partial charge in [0.05, 0.1) is 15.4 Å². The highest BCUT2D eigenvalue weighted by Gasteiger charge is 2.31. The smallest absolute Gasteiger partial charge is 0.338 e.